The Balaban J connectivity index is 1.91. The van der Waals surface area contributed by atoms with Crippen molar-refractivity contribution < 1.29 is 0 Å². The summed E-state index contributed by atoms with van der Waals surface area (Å²) in [5, 5.41) is 0. The van der Waals surface area contributed by atoms with Gasteiger partial charge in [-0.2, -0.15) is 0 Å². The fraction of sp³-hybridized carbons (Fsp3) is 0.100. The number of hydrogen-bond donors (Lipinski definition) is 1. The molecule has 4 rings (SSSR count). The molecule has 0 spiro atoms. The van der Waals surface area contributed by atoms with Crippen LogP contribution in [-0.4, -0.2) is 19.5 Å². The Morgan fingerprint density at radius 1 is 0.917 bits per heavy atom. The van der Waals surface area contributed by atoms with Gasteiger partial charge in [-0.1, -0.05) is 60.2 Å². The number of hydrogen-bond acceptors (Lipinski definition) is 2. The third kappa shape index (κ3) is 2.52. The van der Waals surface area contributed by atoms with E-state index in [2.05, 4.69) is 53.3 Å². The maximum atomic E-state index is 4.87. The Morgan fingerprint density at radius 2 is 1.67 bits per heavy atom. The second kappa shape index (κ2) is 5.81. The van der Waals surface area contributed by atoms with Crippen LogP contribution in [0.5, 0.6) is 0 Å². The first kappa shape index (κ1) is 14.5. The summed E-state index contributed by atoms with van der Waals surface area (Å²) in [5.41, 5.74) is 5.23. The minimum absolute atomic E-state index is 0.854. The zero-order valence-corrected chi connectivity index (χ0v) is 13.7. The van der Waals surface area contributed by atoms with Gasteiger partial charge in [0.2, 0.25) is 0 Å². The molecule has 1 N–H and O–H groups in total. The highest BCUT2D eigenvalue weighted by molar-refractivity contribution is 5.78. The van der Waals surface area contributed by atoms with Gasteiger partial charge in [0.1, 0.15) is 17.2 Å². The molecule has 0 aliphatic carbocycles. The minimum Gasteiger partial charge on any atom is -0.335 e. The average molecular weight is 314 g/mol. The number of aromatic nitrogens is 4. The van der Waals surface area contributed by atoms with Crippen LogP contribution >= 0.6 is 0 Å². The van der Waals surface area contributed by atoms with Crippen molar-refractivity contribution in [2.75, 3.05) is 0 Å². The highest BCUT2D eigenvalue weighted by Gasteiger charge is 2.17. The number of benzene rings is 2. The van der Waals surface area contributed by atoms with Crippen LogP contribution in [0.15, 0.2) is 67.0 Å². The van der Waals surface area contributed by atoms with Crippen LogP contribution in [0, 0.1) is 6.92 Å². The van der Waals surface area contributed by atoms with E-state index in [4.69, 9.17) is 4.98 Å². The molecule has 0 atom stereocenters. The predicted octanol–water partition coefficient (Wildman–Crippen LogP) is 4.45. The van der Waals surface area contributed by atoms with Crippen molar-refractivity contribution in [3.05, 3.63) is 72.6 Å². The molecule has 2 heterocycles. The van der Waals surface area contributed by atoms with Crippen LogP contribution < -0.4 is 0 Å². The van der Waals surface area contributed by atoms with E-state index in [1.165, 1.54) is 5.56 Å². The maximum Gasteiger partial charge on any atom is 0.158 e. The van der Waals surface area contributed by atoms with Crippen LogP contribution in [0.2, 0.25) is 0 Å². The highest BCUT2D eigenvalue weighted by Crippen LogP contribution is 2.31. The summed E-state index contributed by atoms with van der Waals surface area (Å²) in [7, 11) is 1.99. The third-order valence-electron chi connectivity index (χ3n) is 4.12. The number of aryl methyl sites for hydroxylation is 2. The normalized spacial score (nSPS) is 10.9. The van der Waals surface area contributed by atoms with E-state index in [9.17, 15) is 0 Å². The minimum atomic E-state index is 0.854. The lowest BCUT2D eigenvalue weighted by Gasteiger charge is -2.02. The Labute approximate surface area is 140 Å². The number of aromatic amines is 1. The van der Waals surface area contributed by atoms with Gasteiger partial charge in [0.25, 0.3) is 0 Å². The first-order valence-electron chi connectivity index (χ1n) is 7.92. The van der Waals surface area contributed by atoms with Gasteiger partial charge in [-0.3, -0.25) is 0 Å². The zero-order valence-electron chi connectivity index (χ0n) is 13.7. The molecule has 0 aliphatic heterocycles. The SMILES string of the molecule is Cc1ccc(-c2nc(-c3ccccc3)c(-c3nccn3C)[nH]2)cc1. The molecule has 0 fully saturated rings. The van der Waals surface area contributed by atoms with Gasteiger partial charge in [0.05, 0.1) is 0 Å². The fourth-order valence-corrected chi connectivity index (χ4v) is 2.79. The predicted molar refractivity (Wildman–Crippen MR) is 96.4 cm³/mol. The summed E-state index contributed by atoms with van der Waals surface area (Å²) in [5.74, 6) is 1.73. The third-order valence-corrected chi connectivity index (χ3v) is 4.12. The molecule has 2 aromatic heterocycles. The second-order valence-electron chi connectivity index (χ2n) is 5.90. The summed E-state index contributed by atoms with van der Waals surface area (Å²) in [6.07, 6.45) is 3.74. The second-order valence-corrected chi connectivity index (χ2v) is 5.90. The molecule has 118 valence electrons. The van der Waals surface area contributed by atoms with Gasteiger partial charge in [0, 0.05) is 30.6 Å². The molecule has 4 aromatic rings. The van der Waals surface area contributed by atoms with Gasteiger partial charge in [-0.15, -0.1) is 0 Å². The van der Waals surface area contributed by atoms with Gasteiger partial charge < -0.3 is 9.55 Å². The molecule has 0 aliphatic rings. The largest absolute Gasteiger partial charge is 0.335 e. The van der Waals surface area contributed by atoms with E-state index in [1.807, 2.05) is 36.0 Å². The Morgan fingerprint density at radius 3 is 2.33 bits per heavy atom. The Bertz CT molecular complexity index is 963. The lowest BCUT2D eigenvalue weighted by molar-refractivity contribution is 0.920. The van der Waals surface area contributed by atoms with Gasteiger partial charge in [-0.25, -0.2) is 9.97 Å². The van der Waals surface area contributed by atoms with Crippen LogP contribution in [0.25, 0.3) is 34.2 Å². The Hall–Kier alpha value is -3.14. The first-order chi connectivity index (χ1) is 11.7. The molecule has 24 heavy (non-hydrogen) atoms. The van der Waals surface area contributed by atoms with E-state index in [1.54, 1.807) is 6.20 Å². The van der Waals surface area contributed by atoms with Crippen LogP contribution in [0.3, 0.4) is 0 Å². The van der Waals surface area contributed by atoms with Crippen LogP contribution in [-0.2, 0) is 7.05 Å². The molecule has 0 unspecified atom stereocenters. The smallest absolute Gasteiger partial charge is 0.158 e. The number of rotatable bonds is 3. The van der Waals surface area contributed by atoms with Crippen LogP contribution in [0.1, 0.15) is 5.56 Å². The monoisotopic (exact) mass is 314 g/mol. The first-order valence-corrected chi connectivity index (χ1v) is 7.92. The van der Waals surface area contributed by atoms with E-state index in [0.717, 1.165) is 34.2 Å². The van der Waals surface area contributed by atoms with Gasteiger partial charge in [-0.05, 0) is 6.92 Å². The van der Waals surface area contributed by atoms with Gasteiger partial charge >= 0.3 is 0 Å². The van der Waals surface area contributed by atoms with E-state index >= 15 is 0 Å². The molecule has 4 nitrogen and oxygen atoms in total. The summed E-state index contributed by atoms with van der Waals surface area (Å²) in [6.45, 7) is 2.08. The number of H-pyrrole nitrogens is 1. The molecule has 0 bridgehead atoms. The quantitative estimate of drug-likeness (QED) is 0.607. The van der Waals surface area contributed by atoms with E-state index < -0.39 is 0 Å². The van der Waals surface area contributed by atoms with Crippen molar-refractivity contribution in [1.29, 1.82) is 0 Å². The molecule has 2 aromatic carbocycles. The van der Waals surface area contributed by atoms with Crippen molar-refractivity contribution in [3.63, 3.8) is 0 Å². The fourth-order valence-electron chi connectivity index (χ4n) is 2.79. The lowest BCUT2D eigenvalue weighted by atomic mass is 10.1. The molecule has 0 saturated heterocycles. The molecular weight excluding hydrogens is 296 g/mol. The van der Waals surface area contributed by atoms with Crippen molar-refractivity contribution in [3.8, 4) is 34.2 Å². The van der Waals surface area contributed by atoms with E-state index in [0.29, 0.717) is 0 Å². The number of imidazole rings is 2. The lowest BCUT2D eigenvalue weighted by Crippen LogP contribution is -1.93. The van der Waals surface area contributed by atoms with Gasteiger partial charge in [0.15, 0.2) is 5.82 Å². The summed E-state index contributed by atoms with van der Waals surface area (Å²) < 4.78 is 2.00. The van der Waals surface area contributed by atoms with E-state index in [-0.39, 0.29) is 0 Å². The maximum absolute atomic E-state index is 4.87. The van der Waals surface area contributed by atoms with Crippen molar-refractivity contribution in [1.82, 2.24) is 19.5 Å². The molecular formula is C20H18N4. The Kier molecular flexibility index (Phi) is 3.50. The molecule has 0 radical (unpaired) electrons. The molecule has 4 heteroatoms. The topological polar surface area (TPSA) is 46.5 Å². The van der Waals surface area contributed by atoms with Crippen molar-refractivity contribution in [2.45, 2.75) is 6.92 Å². The van der Waals surface area contributed by atoms with Crippen molar-refractivity contribution >= 4 is 0 Å². The zero-order chi connectivity index (χ0) is 16.5. The summed E-state index contributed by atoms with van der Waals surface area (Å²) in [4.78, 5) is 12.8. The molecule has 0 amide bonds. The summed E-state index contributed by atoms with van der Waals surface area (Å²) >= 11 is 0. The van der Waals surface area contributed by atoms with Crippen molar-refractivity contribution in [2.24, 2.45) is 7.05 Å². The number of nitrogens with zero attached hydrogens (tertiary/aromatic N) is 3. The molecule has 0 saturated carbocycles. The number of nitrogens with one attached hydrogen (secondary N) is 1. The standard InChI is InChI=1S/C20H18N4/c1-14-8-10-16(11-9-14)19-22-17(15-6-4-3-5-7-15)18(23-19)20-21-12-13-24(20)2/h3-13H,1-2H3,(H,22,23). The average Bonchev–Trinajstić information content (AvgIpc) is 3.22. The van der Waals surface area contributed by atoms with Crippen LogP contribution in [0.4, 0.5) is 0 Å². The highest BCUT2D eigenvalue weighted by atomic mass is 15.1. The summed E-state index contributed by atoms with van der Waals surface area (Å²) in [6, 6.07) is 18.6.